The van der Waals surface area contributed by atoms with Gasteiger partial charge in [-0.2, -0.15) is 0 Å². The third-order valence-corrected chi connectivity index (χ3v) is 2.91. The normalized spacial score (nSPS) is 20.6. The van der Waals surface area contributed by atoms with Crippen molar-refractivity contribution in [2.75, 3.05) is 23.8 Å². The number of nitrogens with zero attached hydrogens (tertiary/aromatic N) is 2. The number of likely N-dealkylation sites (N-methyl/N-ethyl adjacent to an activating group) is 1. The standard InChI is InChI=1S/C11H17N3/c1-8(2)10-7-13-11-9(14(10)3)5-4-6-12-11/h4-6,8,10H,7H2,1-3H3,(H,12,13). The van der Waals surface area contributed by atoms with Gasteiger partial charge in [0.25, 0.3) is 0 Å². The van der Waals surface area contributed by atoms with Crippen molar-refractivity contribution in [3.05, 3.63) is 18.3 Å². The summed E-state index contributed by atoms with van der Waals surface area (Å²) >= 11 is 0. The molecule has 0 radical (unpaired) electrons. The summed E-state index contributed by atoms with van der Waals surface area (Å²) in [4.78, 5) is 6.63. The highest BCUT2D eigenvalue weighted by atomic mass is 15.2. The predicted octanol–water partition coefficient (Wildman–Crippen LogP) is 1.97. The number of anilines is 2. The Morgan fingerprint density at radius 2 is 2.36 bits per heavy atom. The third-order valence-electron chi connectivity index (χ3n) is 2.91. The predicted molar refractivity (Wildman–Crippen MR) is 59.8 cm³/mol. The molecule has 0 bridgehead atoms. The number of rotatable bonds is 1. The molecule has 14 heavy (non-hydrogen) atoms. The lowest BCUT2D eigenvalue weighted by molar-refractivity contribution is 0.481. The second-order valence-electron chi connectivity index (χ2n) is 4.17. The molecule has 1 atom stereocenters. The molecule has 1 aromatic heterocycles. The number of nitrogens with one attached hydrogen (secondary N) is 1. The topological polar surface area (TPSA) is 28.2 Å². The highest BCUT2D eigenvalue weighted by Gasteiger charge is 2.25. The molecule has 2 heterocycles. The summed E-state index contributed by atoms with van der Waals surface area (Å²) in [5.74, 6) is 1.66. The SMILES string of the molecule is CC(C)C1CNc2ncccc2N1C. The molecule has 2 rings (SSSR count). The molecule has 0 saturated heterocycles. The summed E-state index contributed by atoms with van der Waals surface area (Å²) in [5, 5.41) is 3.37. The second-order valence-corrected chi connectivity index (χ2v) is 4.17. The summed E-state index contributed by atoms with van der Waals surface area (Å²) in [7, 11) is 2.14. The molecule has 1 N–H and O–H groups in total. The van der Waals surface area contributed by atoms with Gasteiger partial charge in [-0.3, -0.25) is 0 Å². The fourth-order valence-electron chi connectivity index (χ4n) is 2.02. The van der Waals surface area contributed by atoms with Crippen LogP contribution in [0.1, 0.15) is 13.8 Å². The molecule has 0 aliphatic carbocycles. The van der Waals surface area contributed by atoms with E-state index in [1.807, 2.05) is 12.3 Å². The molecular formula is C11H17N3. The second kappa shape index (κ2) is 3.48. The first-order valence-corrected chi connectivity index (χ1v) is 5.12. The Morgan fingerprint density at radius 3 is 3.07 bits per heavy atom. The maximum Gasteiger partial charge on any atom is 0.149 e. The summed E-state index contributed by atoms with van der Waals surface area (Å²) in [6, 6.07) is 4.66. The van der Waals surface area contributed by atoms with E-state index in [0.717, 1.165) is 12.4 Å². The third kappa shape index (κ3) is 1.43. The zero-order valence-corrected chi connectivity index (χ0v) is 8.99. The van der Waals surface area contributed by atoms with Crippen LogP contribution in [0.4, 0.5) is 11.5 Å². The van der Waals surface area contributed by atoms with Crippen molar-refractivity contribution in [2.45, 2.75) is 19.9 Å². The number of aromatic nitrogens is 1. The lowest BCUT2D eigenvalue weighted by Gasteiger charge is -2.38. The van der Waals surface area contributed by atoms with Crippen LogP contribution in [0.25, 0.3) is 0 Å². The summed E-state index contributed by atoms with van der Waals surface area (Å²) < 4.78 is 0. The largest absolute Gasteiger partial charge is 0.367 e. The zero-order chi connectivity index (χ0) is 10.1. The smallest absolute Gasteiger partial charge is 0.149 e. The lowest BCUT2D eigenvalue weighted by Crippen LogP contribution is -2.45. The Bertz CT molecular complexity index is 322. The lowest BCUT2D eigenvalue weighted by atomic mass is 10.0. The molecule has 1 aromatic rings. The van der Waals surface area contributed by atoms with Crippen molar-refractivity contribution >= 4 is 11.5 Å². The molecule has 1 unspecified atom stereocenters. The number of fused-ring (bicyclic) bond motifs is 1. The molecule has 1 aliphatic heterocycles. The van der Waals surface area contributed by atoms with E-state index >= 15 is 0 Å². The summed E-state index contributed by atoms with van der Waals surface area (Å²) in [6.07, 6.45) is 1.83. The van der Waals surface area contributed by atoms with Crippen LogP contribution in [0, 0.1) is 5.92 Å². The highest BCUT2D eigenvalue weighted by molar-refractivity contribution is 5.68. The van der Waals surface area contributed by atoms with Gasteiger partial charge in [0, 0.05) is 25.8 Å². The molecule has 0 spiro atoms. The number of pyridine rings is 1. The molecule has 3 nitrogen and oxygen atoms in total. The van der Waals surface area contributed by atoms with Crippen LogP contribution in [0.2, 0.25) is 0 Å². The molecule has 76 valence electrons. The van der Waals surface area contributed by atoms with Crippen molar-refractivity contribution in [3.63, 3.8) is 0 Å². The summed E-state index contributed by atoms with van der Waals surface area (Å²) in [6.45, 7) is 5.49. The summed E-state index contributed by atoms with van der Waals surface area (Å²) in [5.41, 5.74) is 1.21. The van der Waals surface area contributed by atoms with E-state index in [2.05, 4.69) is 42.2 Å². The van der Waals surface area contributed by atoms with Crippen molar-refractivity contribution < 1.29 is 0 Å². The van der Waals surface area contributed by atoms with Gasteiger partial charge in [-0.05, 0) is 18.1 Å². The van der Waals surface area contributed by atoms with Crippen molar-refractivity contribution in [2.24, 2.45) is 5.92 Å². The van der Waals surface area contributed by atoms with Crippen LogP contribution in [-0.2, 0) is 0 Å². The van der Waals surface area contributed by atoms with Crippen LogP contribution in [0.5, 0.6) is 0 Å². The highest BCUT2D eigenvalue weighted by Crippen LogP contribution is 2.29. The van der Waals surface area contributed by atoms with Gasteiger partial charge < -0.3 is 10.2 Å². The Hall–Kier alpha value is -1.25. The Kier molecular flexibility index (Phi) is 2.32. The van der Waals surface area contributed by atoms with Crippen molar-refractivity contribution in [1.29, 1.82) is 0 Å². The first-order chi connectivity index (χ1) is 6.70. The minimum atomic E-state index is 0.562. The molecule has 0 aromatic carbocycles. The molecule has 0 fully saturated rings. The Morgan fingerprint density at radius 1 is 1.57 bits per heavy atom. The van der Waals surface area contributed by atoms with E-state index < -0.39 is 0 Å². The van der Waals surface area contributed by atoms with Gasteiger partial charge in [-0.15, -0.1) is 0 Å². The molecule has 0 amide bonds. The van der Waals surface area contributed by atoms with Crippen LogP contribution >= 0.6 is 0 Å². The zero-order valence-electron chi connectivity index (χ0n) is 8.99. The average molecular weight is 191 g/mol. The van der Waals surface area contributed by atoms with E-state index in [-0.39, 0.29) is 0 Å². The van der Waals surface area contributed by atoms with Crippen molar-refractivity contribution in [3.8, 4) is 0 Å². The van der Waals surface area contributed by atoms with Crippen LogP contribution in [0.3, 0.4) is 0 Å². The molecule has 0 saturated carbocycles. The fourth-order valence-corrected chi connectivity index (χ4v) is 2.02. The number of hydrogen-bond donors (Lipinski definition) is 1. The van der Waals surface area contributed by atoms with E-state index in [9.17, 15) is 0 Å². The molecular weight excluding hydrogens is 174 g/mol. The van der Waals surface area contributed by atoms with Gasteiger partial charge in [0.05, 0.1) is 5.69 Å². The first kappa shape index (κ1) is 9.31. The van der Waals surface area contributed by atoms with Gasteiger partial charge in [-0.1, -0.05) is 13.8 Å². The Balaban J connectivity index is 2.31. The average Bonchev–Trinajstić information content (AvgIpc) is 2.18. The Labute approximate surface area is 85.1 Å². The van der Waals surface area contributed by atoms with E-state index in [1.54, 1.807) is 0 Å². The van der Waals surface area contributed by atoms with E-state index in [0.29, 0.717) is 12.0 Å². The number of hydrogen-bond acceptors (Lipinski definition) is 3. The monoisotopic (exact) mass is 191 g/mol. The van der Waals surface area contributed by atoms with Gasteiger partial charge in [0.15, 0.2) is 0 Å². The van der Waals surface area contributed by atoms with E-state index in [1.165, 1.54) is 5.69 Å². The van der Waals surface area contributed by atoms with Gasteiger partial charge >= 0.3 is 0 Å². The van der Waals surface area contributed by atoms with Crippen molar-refractivity contribution in [1.82, 2.24) is 4.98 Å². The minimum absolute atomic E-state index is 0.562. The maximum atomic E-state index is 4.31. The van der Waals surface area contributed by atoms with Gasteiger partial charge in [0.1, 0.15) is 5.82 Å². The van der Waals surface area contributed by atoms with Crippen LogP contribution < -0.4 is 10.2 Å². The van der Waals surface area contributed by atoms with Gasteiger partial charge in [-0.25, -0.2) is 4.98 Å². The molecule has 3 heteroatoms. The molecule has 1 aliphatic rings. The first-order valence-electron chi connectivity index (χ1n) is 5.12. The van der Waals surface area contributed by atoms with E-state index in [4.69, 9.17) is 0 Å². The van der Waals surface area contributed by atoms with Gasteiger partial charge in [0.2, 0.25) is 0 Å². The van der Waals surface area contributed by atoms with Crippen LogP contribution in [-0.4, -0.2) is 24.6 Å². The maximum absolute atomic E-state index is 4.31. The minimum Gasteiger partial charge on any atom is -0.367 e. The quantitative estimate of drug-likeness (QED) is 0.735. The van der Waals surface area contributed by atoms with Crippen LogP contribution in [0.15, 0.2) is 18.3 Å². The fraction of sp³-hybridized carbons (Fsp3) is 0.545.